The fraction of sp³-hybridized carbons (Fsp3) is 0.783. The molecule has 274 valence electrons. The van der Waals surface area contributed by atoms with Gasteiger partial charge in [-0.1, -0.05) is 218 Å². The molecule has 0 fully saturated rings. The summed E-state index contributed by atoms with van der Waals surface area (Å²) in [5.41, 5.74) is 1.46. The van der Waals surface area contributed by atoms with Crippen LogP contribution >= 0.6 is 0 Å². The predicted molar refractivity (Wildman–Crippen MR) is 212 cm³/mol. The maximum Gasteiger partial charge on any atom is 0.136 e. The molecule has 0 bridgehead atoms. The van der Waals surface area contributed by atoms with Crippen molar-refractivity contribution in [2.24, 2.45) is 0 Å². The monoisotopic (exact) mass is 663 g/mol. The second-order valence-electron chi connectivity index (χ2n) is 14.4. The molecule has 0 aromatic heterocycles. The van der Waals surface area contributed by atoms with Gasteiger partial charge in [-0.15, -0.1) is 12.8 Å². The van der Waals surface area contributed by atoms with Gasteiger partial charge in [0.25, 0.3) is 0 Å². The first kappa shape index (κ1) is 44.0. The highest BCUT2D eigenvalue weighted by atomic mass is 16.5. The fourth-order valence-corrected chi connectivity index (χ4v) is 6.69. The third kappa shape index (κ3) is 25.9. The van der Waals surface area contributed by atoms with E-state index in [4.69, 9.17) is 22.3 Å². The second kappa shape index (κ2) is 34.8. The first-order valence-corrected chi connectivity index (χ1v) is 21.1. The maximum atomic E-state index is 6.09. The average molecular weight is 663 g/mol. The lowest BCUT2D eigenvalue weighted by Crippen LogP contribution is -2.03. The zero-order chi connectivity index (χ0) is 34.6. The fourth-order valence-electron chi connectivity index (χ4n) is 6.69. The summed E-state index contributed by atoms with van der Waals surface area (Å²) in [5.74, 6) is 6.98. The highest BCUT2D eigenvalue weighted by Crippen LogP contribution is 2.29. The third-order valence-electron chi connectivity index (χ3n) is 9.90. The van der Waals surface area contributed by atoms with Crippen molar-refractivity contribution >= 4 is 0 Å². The van der Waals surface area contributed by atoms with Crippen LogP contribution in [0.2, 0.25) is 0 Å². The minimum atomic E-state index is 0.677. The molecule has 1 rings (SSSR count). The first-order chi connectivity index (χ1) is 23.8. The van der Waals surface area contributed by atoms with E-state index in [0.29, 0.717) is 24.7 Å². The van der Waals surface area contributed by atoms with Crippen LogP contribution in [0.5, 0.6) is 11.5 Å². The number of hydrogen-bond acceptors (Lipinski definition) is 2. The highest BCUT2D eigenvalue weighted by Gasteiger charge is 2.10. The molecule has 0 unspecified atom stereocenters. The van der Waals surface area contributed by atoms with Gasteiger partial charge in [0, 0.05) is 12.1 Å². The standard InChI is InChI=1S/C46H78O2/c1-5-9-11-13-15-17-19-21-23-25-27-29-31-33-35-37-39-47-45-41-44(8-4)46(42-43(45)7-3)48-40-38-36-34-32-30-28-26-24-22-20-18-16-14-12-10-6-2/h3-4,41-42H,5-6,9-40H2,1-2H3. The van der Waals surface area contributed by atoms with Gasteiger partial charge >= 0.3 is 0 Å². The van der Waals surface area contributed by atoms with Gasteiger partial charge in [-0.3, -0.25) is 0 Å². The van der Waals surface area contributed by atoms with Crippen LogP contribution in [-0.4, -0.2) is 13.2 Å². The Morgan fingerprint density at radius 2 is 0.562 bits per heavy atom. The Hall–Kier alpha value is -2.06. The van der Waals surface area contributed by atoms with Crippen LogP contribution in [0.25, 0.3) is 0 Å². The lowest BCUT2D eigenvalue weighted by molar-refractivity contribution is 0.295. The highest BCUT2D eigenvalue weighted by molar-refractivity contribution is 5.57. The van der Waals surface area contributed by atoms with Gasteiger partial charge in [0.05, 0.1) is 24.3 Å². The summed E-state index contributed by atoms with van der Waals surface area (Å²) in [6.07, 6.45) is 55.3. The maximum absolute atomic E-state index is 6.09. The molecule has 0 heterocycles. The van der Waals surface area contributed by atoms with Gasteiger partial charge in [0.2, 0.25) is 0 Å². The lowest BCUT2D eigenvalue weighted by atomic mass is 10.0. The minimum absolute atomic E-state index is 0.677. The van der Waals surface area contributed by atoms with E-state index in [1.807, 2.05) is 12.1 Å². The van der Waals surface area contributed by atoms with Gasteiger partial charge in [-0.2, -0.15) is 0 Å². The lowest BCUT2D eigenvalue weighted by Gasteiger charge is -2.13. The molecule has 2 nitrogen and oxygen atoms in total. The number of hydrogen-bond donors (Lipinski definition) is 0. The van der Waals surface area contributed by atoms with Gasteiger partial charge in [-0.05, 0) is 12.8 Å². The topological polar surface area (TPSA) is 18.5 Å². The average Bonchev–Trinajstić information content (AvgIpc) is 3.10. The summed E-state index contributed by atoms with van der Waals surface area (Å²) < 4.78 is 12.2. The van der Waals surface area contributed by atoms with Crippen LogP contribution in [0.1, 0.15) is 230 Å². The van der Waals surface area contributed by atoms with Gasteiger partial charge < -0.3 is 9.47 Å². The molecule has 0 atom stereocenters. The van der Waals surface area contributed by atoms with Crippen LogP contribution < -0.4 is 9.47 Å². The van der Waals surface area contributed by atoms with E-state index in [2.05, 4.69) is 25.7 Å². The van der Waals surface area contributed by atoms with Crippen molar-refractivity contribution in [2.75, 3.05) is 13.2 Å². The van der Waals surface area contributed by atoms with Crippen LogP contribution in [0, 0.1) is 24.7 Å². The summed E-state index contributed by atoms with van der Waals surface area (Å²) in [7, 11) is 0. The molecule has 0 saturated carbocycles. The Bertz CT molecular complexity index is 843. The molecular formula is C46H78O2. The van der Waals surface area contributed by atoms with Crippen LogP contribution in [0.15, 0.2) is 12.1 Å². The summed E-state index contributed by atoms with van der Waals surface area (Å²) in [6.45, 7) is 5.94. The minimum Gasteiger partial charge on any atom is -0.492 e. The second-order valence-corrected chi connectivity index (χ2v) is 14.4. The number of rotatable bonds is 36. The molecule has 48 heavy (non-hydrogen) atoms. The van der Waals surface area contributed by atoms with Gasteiger partial charge in [0.1, 0.15) is 11.5 Å². The van der Waals surface area contributed by atoms with Crippen molar-refractivity contribution in [3.63, 3.8) is 0 Å². The van der Waals surface area contributed by atoms with E-state index >= 15 is 0 Å². The molecule has 1 aromatic rings. The van der Waals surface area contributed by atoms with Crippen LogP contribution in [0.3, 0.4) is 0 Å². The summed E-state index contributed by atoms with van der Waals surface area (Å²) in [4.78, 5) is 0. The molecule has 1 aromatic carbocycles. The zero-order valence-electron chi connectivity index (χ0n) is 32.2. The third-order valence-corrected chi connectivity index (χ3v) is 9.90. The molecule has 0 amide bonds. The summed E-state index contributed by atoms with van der Waals surface area (Å²) >= 11 is 0. The molecule has 0 radical (unpaired) electrons. The number of benzene rings is 1. The van der Waals surface area contributed by atoms with Gasteiger partial charge in [0.15, 0.2) is 0 Å². The van der Waals surface area contributed by atoms with E-state index < -0.39 is 0 Å². The largest absolute Gasteiger partial charge is 0.492 e. The summed E-state index contributed by atoms with van der Waals surface area (Å²) in [5, 5.41) is 0. The van der Waals surface area contributed by atoms with Crippen molar-refractivity contribution in [1.29, 1.82) is 0 Å². The Kier molecular flexibility index (Phi) is 31.9. The quantitative estimate of drug-likeness (QED) is 0.0526. The Labute approximate surface area is 300 Å². The summed E-state index contributed by atoms with van der Waals surface area (Å²) in [6, 6.07) is 3.79. The Balaban J connectivity index is 2.05. The van der Waals surface area contributed by atoms with Crippen molar-refractivity contribution in [1.82, 2.24) is 0 Å². The molecule has 0 spiro atoms. The van der Waals surface area contributed by atoms with Crippen molar-refractivity contribution in [3.05, 3.63) is 23.3 Å². The van der Waals surface area contributed by atoms with Crippen molar-refractivity contribution < 1.29 is 9.47 Å². The Morgan fingerprint density at radius 3 is 0.771 bits per heavy atom. The van der Waals surface area contributed by atoms with E-state index in [9.17, 15) is 0 Å². The van der Waals surface area contributed by atoms with Crippen LogP contribution in [-0.2, 0) is 0 Å². The number of terminal acetylenes is 2. The smallest absolute Gasteiger partial charge is 0.136 e. The first-order valence-electron chi connectivity index (χ1n) is 21.1. The number of unbranched alkanes of at least 4 members (excludes halogenated alkanes) is 30. The molecule has 0 N–H and O–H groups in total. The van der Waals surface area contributed by atoms with Crippen molar-refractivity contribution in [3.8, 4) is 36.2 Å². The molecule has 0 aliphatic carbocycles. The van der Waals surface area contributed by atoms with Crippen molar-refractivity contribution in [2.45, 2.75) is 219 Å². The molecule has 2 heteroatoms. The van der Waals surface area contributed by atoms with E-state index in [1.54, 1.807) is 0 Å². The van der Waals surface area contributed by atoms with Gasteiger partial charge in [-0.25, -0.2) is 0 Å². The SMILES string of the molecule is C#Cc1cc(OCCCCCCCCCCCCCCCCCC)c(C#C)cc1OCCCCCCCCCCCCCCCCCC. The van der Waals surface area contributed by atoms with E-state index in [1.165, 1.54) is 193 Å². The van der Waals surface area contributed by atoms with Crippen LogP contribution in [0.4, 0.5) is 0 Å². The molecule has 0 aliphatic heterocycles. The Morgan fingerprint density at radius 1 is 0.354 bits per heavy atom. The van der Waals surface area contributed by atoms with E-state index in [-0.39, 0.29) is 0 Å². The molecule has 0 aliphatic rings. The van der Waals surface area contributed by atoms with E-state index in [0.717, 1.165) is 24.0 Å². The zero-order valence-corrected chi connectivity index (χ0v) is 32.2. The molecule has 0 saturated heterocycles. The normalized spacial score (nSPS) is 11.0. The molecular weight excluding hydrogens is 585 g/mol. The predicted octanol–water partition coefficient (Wildman–Crippen LogP) is 14.9. The number of ether oxygens (including phenoxy) is 2.